The van der Waals surface area contributed by atoms with E-state index in [1.807, 2.05) is 31.2 Å². The summed E-state index contributed by atoms with van der Waals surface area (Å²) in [6.07, 6.45) is 0. The van der Waals surface area contributed by atoms with Crippen molar-refractivity contribution in [2.75, 3.05) is 24.5 Å². The number of anilines is 1. The number of nitrogens with zero attached hydrogens (tertiary/aromatic N) is 4. The van der Waals surface area contributed by atoms with Gasteiger partial charge in [0.05, 0.1) is 10.7 Å². The smallest absolute Gasteiger partial charge is 0.290 e. The summed E-state index contributed by atoms with van der Waals surface area (Å²) < 4.78 is 28.5. The molecule has 1 aliphatic heterocycles. The Hall–Kier alpha value is -1.86. The lowest BCUT2D eigenvalue weighted by molar-refractivity contribution is -0.134. The van der Waals surface area contributed by atoms with E-state index in [9.17, 15) is 13.6 Å². The van der Waals surface area contributed by atoms with E-state index in [2.05, 4.69) is 10.00 Å². The van der Waals surface area contributed by atoms with Crippen LogP contribution in [0.5, 0.6) is 0 Å². The molecule has 1 aliphatic rings. The van der Waals surface area contributed by atoms with E-state index in [0.717, 1.165) is 12.6 Å². The van der Waals surface area contributed by atoms with Crippen LogP contribution < -0.4 is 4.90 Å². The molecule has 3 rings (SSSR count). The molecule has 28 heavy (non-hydrogen) atoms. The molecule has 1 atom stereocenters. The first kappa shape index (κ1) is 20.9. The first-order valence-corrected chi connectivity index (χ1v) is 9.74. The molecule has 0 unspecified atom stereocenters. The Morgan fingerprint density at radius 3 is 2.43 bits per heavy atom. The number of piperazine rings is 1. The number of alkyl halides is 2. The summed E-state index contributed by atoms with van der Waals surface area (Å²) in [5.41, 5.74) is 0.909. The monoisotopic (exact) mass is 430 g/mol. The van der Waals surface area contributed by atoms with E-state index < -0.39 is 11.6 Å². The average molecular weight is 431 g/mol. The van der Waals surface area contributed by atoms with Gasteiger partial charge in [-0.1, -0.05) is 23.2 Å². The molecule has 0 saturated carbocycles. The molecule has 0 aliphatic carbocycles. The summed E-state index contributed by atoms with van der Waals surface area (Å²) in [5.74, 6) is -3.33. The Labute approximate surface area is 172 Å². The molecule has 0 radical (unpaired) electrons. The molecular formula is C19H22Cl2F2N4O. The molecule has 0 bridgehead atoms. The van der Waals surface area contributed by atoms with Gasteiger partial charge in [0.25, 0.3) is 5.92 Å². The second-order valence-electron chi connectivity index (χ2n) is 7.15. The van der Waals surface area contributed by atoms with Crippen LogP contribution in [-0.2, 0) is 17.3 Å². The highest BCUT2D eigenvalue weighted by Crippen LogP contribution is 2.33. The maximum Gasteiger partial charge on any atom is 0.290 e. The van der Waals surface area contributed by atoms with Crippen LogP contribution >= 0.6 is 23.2 Å². The standard InChI is InChI=1S/C19H22Cl2F2N4O/c1-12-10-25(15-6-4-14(20)5-7-15)8-9-26(12)16(28)11-27-13(2)17(21)18(24-27)19(3,22)23/h4-7,12H,8-11H2,1-3H3/t12-/m0/s1. The van der Waals surface area contributed by atoms with Crippen LogP contribution in [0.1, 0.15) is 25.2 Å². The number of carbonyl (C=O) groups is 1. The molecular weight excluding hydrogens is 409 g/mol. The van der Waals surface area contributed by atoms with Crippen molar-refractivity contribution in [2.45, 2.75) is 39.3 Å². The highest BCUT2D eigenvalue weighted by molar-refractivity contribution is 6.32. The zero-order chi connectivity index (χ0) is 20.6. The molecule has 9 heteroatoms. The van der Waals surface area contributed by atoms with Crippen LogP contribution in [0.4, 0.5) is 14.5 Å². The topological polar surface area (TPSA) is 41.4 Å². The third kappa shape index (κ3) is 4.25. The Morgan fingerprint density at radius 1 is 1.25 bits per heavy atom. The summed E-state index contributed by atoms with van der Waals surface area (Å²) in [5, 5.41) is 4.46. The second-order valence-corrected chi connectivity index (χ2v) is 7.97. The predicted octanol–water partition coefficient (Wildman–Crippen LogP) is 4.35. The van der Waals surface area contributed by atoms with Crippen molar-refractivity contribution in [2.24, 2.45) is 0 Å². The minimum atomic E-state index is -3.16. The van der Waals surface area contributed by atoms with Gasteiger partial charge in [0.15, 0.2) is 0 Å². The Bertz CT molecular complexity index is 864. The van der Waals surface area contributed by atoms with Gasteiger partial charge in [0, 0.05) is 43.3 Å². The van der Waals surface area contributed by atoms with Gasteiger partial charge in [-0.3, -0.25) is 9.48 Å². The quantitative estimate of drug-likeness (QED) is 0.723. The van der Waals surface area contributed by atoms with Crippen LogP contribution in [0.25, 0.3) is 0 Å². The molecule has 1 amide bonds. The highest BCUT2D eigenvalue weighted by Gasteiger charge is 2.34. The van der Waals surface area contributed by atoms with Gasteiger partial charge in [-0.2, -0.15) is 13.9 Å². The third-order valence-electron chi connectivity index (χ3n) is 4.97. The molecule has 1 aromatic heterocycles. The Balaban J connectivity index is 1.68. The maximum atomic E-state index is 13.6. The predicted molar refractivity (Wildman–Crippen MR) is 106 cm³/mol. The maximum absolute atomic E-state index is 13.6. The Morgan fingerprint density at radius 2 is 1.89 bits per heavy atom. The van der Waals surface area contributed by atoms with Crippen molar-refractivity contribution in [1.29, 1.82) is 0 Å². The minimum Gasteiger partial charge on any atom is -0.368 e. The SMILES string of the molecule is Cc1c(Cl)c(C(C)(F)F)nn1CC(=O)N1CCN(c2ccc(Cl)cc2)C[C@@H]1C. The van der Waals surface area contributed by atoms with Crippen molar-refractivity contribution < 1.29 is 13.6 Å². The molecule has 5 nitrogen and oxygen atoms in total. The lowest BCUT2D eigenvalue weighted by Gasteiger charge is -2.41. The van der Waals surface area contributed by atoms with Crippen LogP contribution in [0.2, 0.25) is 10.0 Å². The zero-order valence-electron chi connectivity index (χ0n) is 15.9. The fourth-order valence-corrected chi connectivity index (χ4v) is 3.82. The zero-order valence-corrected chi connectivity index (χ0v) is 17.4. The van der Waals surface area contributed by atoms with Gasteiger partial charge in [-0.25, -0.2) is 0 Å². The van der Waals surface area contributed by atoms with Gasteiger partial charge in [-0.15, -0.1) is 0 Å². The summed E-state index contributed by atoms with van der Waals surface area (Å²) >= 11 is 11.9. The van der Waals surface area contributed by atoms with E-state index in [0.29, 0.717) is 30.4 Å². The molecule has 1 fully saturated rings. The number of hydrogen-bond donors (Lipinski definition) is 0. The summed E-state index contributed by atoms with van der Waals surface area (Å²) in [6, 6.07) is 7.55. The highest BCUT2D eigenvalue weighted by atomic mass is 35.5. The summed E-state index contributed by atoms with van der Waals surface area (Å²) in [6.45, 7) is 6.05. The molecule has 0 spiro atoms. The fraction of sp³-hybridized carbons (Fsp3) is 0.474. The van der Waals surface area contributed by atoms with Crippen LogP contribution in [0.15, 0.2) is 24.3 Å². The number of rotatable bonds is 4. The molecule has 2 heterocycles. The minimum absolute atomic E-state index is 0.0321. The molecule has 1 saturated heterocycles. The van der Waals surface area contributed by atoms with Gasteiger partial charge < -0.3 is 9.80 Å². The van der Waals surface area contributed by atoms with E-state index in [4.69, 9.17) is 23.2 Å². The van der Waals surface area contributed by atoms with Gasteiger partial charge >= 0.3 is 0 Å². The van der Waals surface area contributed by atoms with Crippen LogP contribution in [0, 0.1) is 6.92 Å². The second kappa shape index (κ2) is 7.87. The van der Waals surface area contributed by atoms with E-state index in [-0.39, 0.29) is 23.5 Å². The third-order valence-corrected chi connectivity index (χ3v) is 5.68. The first-order valence-electron chi connectivity index (χ1n) is 8.99. The number of halogens is 4. The summed E-state index contributed by atoms with van der Waals surface area (Å²) in [4.78, 5) is 16.7. The molecule has 2 aromatic rings. The average Bonchev–Trinajstić information content (AvgIpc) is 2.90. The van der Waals surface area contributed by atoms with Gasteiger partial charge in [0.2, 0.25) is 5.91 Å². The molecule has 152 valence electrons. The lowest BCUT2D eigenvalue weighted by Crippen LogP contribution is -2.54. The molecule has 0 N–H and O–H groups in total. The van der Waals surface area contributed by atoms with E-state index in [1.54, 1.807) is 11.8 Å². The Kier molecular flexibility index (Phi) is 5.87. The number of hydrogen-bond acceptors (Lipinski definition) is 3. The largest absolute Gasteiger partial charge is 0.368 e. The molecule has 1 aromatic carbocycles. The van der Waals surface area contributed by atoms with Gasteiger partial charge in [0.1, 0.15) is 12.2 Å². The first-order chi connectivity index (χ1) is 13.1. The van der Waals surface area contributed by atoms with Crippen molar-refractivity contribution in [1.82, 2.24) is 14.7 Å². The lowest BCUT2D eigenvalue weighted by atomic mass is 10.1. The number of amides is 1. The van der Waals surface area contributed by atoms with Gasteiger partial charge in [-0.05, 0) is 38.1 Å². The van der Waals surface area contributed by atoms with Crippen molar-refractivity contribution in [3.8, 4) is 0 Å². The summed E-state index contributed by atoms with van der Waals surface area (Å²) in [7, 11) is 0. The van der Waals surface area contributed by atoms with E-state index in [1.165, 1.54) is 4.68 Å². The van der Waals surface area contributed by atoms with Crippen molar-refractivity contribution >= 4 is 34.8 Å². The number of carbonyl (C=O) groups excluding carboxylic acids is 1. The van der Waals surface area contributed by atoms with Crippen LogP contribution in [-0.4, -0.2) is 46.3 Å². The fourth-order valence-electron chi connectivity index (χ4n) is 3.39. The van der Waals surface area contributed by atoms with E-state index >= 15 is 0 Å². The van der Waals surface area contributed by atoms with Crippen LogP contribution in [0.3, 0.4) is 0 Å². The number of benzene rings is 1. The number of aromatic nitrogens is 2. The van der Waals surface area contributed by atoms with Crippen molar-refractivity contribution in [3.63, 3.8) is 0 Å². The van der Waals surface area contributed by atoms with Crippen molar-refractivity contribution in [3.05, 3.63) is 45.7 Å². The normalized spacial score (nSPS) is 17.9.